The van der Waals surface area contributed by atoms with Crippen molar-refractivity contribution in [2.75, 3.05) is 0 Å². The molecule has 1 aliphatic carbocycles. The summed E-state index contributed by atoms with van der Waals surface area (Å²) >= 11 is 0. The third-order valence-electron chi connectivity index (χ3n) is 7.40. The van der Waals surface area contributed by atoms with E-state index in [2.05, 4.69) is 31.2 Å². The highest BCUT2D eigenvalue weighted by atomic mass is 14.2. The highest BCUT2D eigenvalue weighted by molar-refractivity contribution is 5.32. The molecule has 1 aliphatic rings. The molecule has 0 radical (unpaired) electrons. The lowest BCUT2D eigenvalue weighted by atomic mass is 9.80. The Morgan fingerprint density at radius 3 is 1.60 bits per heavy atom. The van der Waals surface area contributed by atoms with Crippen molar-refractivity contribution < 1.29 is 0 Å². The highest BCUT2D eigenvalue weighted by Crippen LogP contribution is 2.35. The zero-order valence-corrected chi connectivity index (χ0v) is 20.4. The van der Waals surface area contributed by atoms with E-state index < -0.39 is 0 Å². The molecule has 0 spiro atoms. The normalized spacial score (nSPS) is 16.0. The summed E-state index contributed by atoms with van der Waals surface area (Å²) in [7, 11) is 0. The fourth-order valence-electron chi connectivity index (χ4n) is 5.45. The van der Waals surface area contributed by atoms with Crippen LogP contribution in [0.4, 0.5) is 0 Å². The molecule has 0 amide bonds. The summed E-state index contributed by atoms with van der Waals surface area (Å²) in [4.78, 5) is 0. The van der Waals surface area contributed by atoms with Crippen LogP contribution in [0.2, 0.25) is 0 Å². The predicted octanol–water partition coefficient (Wildman–Crippen LogP) is 10.5. The summed E-state index contributed by atoms with van der Waals surface area (Å²) in [6.45, 7) is 2.30. The maximum Gasteiger partial charge on any atom is -0.0159 e. The Morgan fingerprint density at radius 1 is 0.600 bits per heavy atom. The van der Waals surface area contributed by atoms with Gasteiger partial charge in [0.15, 0.2) is 0 Å². The zero-order chi connectivity index (χ0) is 21.1. The maximum atomic E-state index is 2.40. The predicted molar refractivity (Wildman–Crippen MR) is 136 cm³/mol. The Morgan fingerprint density at radius 2 is 1.07 bits per heavy atom. The first-order valence-corrected chi connectivity index (χ1v) is 14.0. The number of aryl methyl sites for hydroxylation is 1. The van der Waals surface area contributed by atoms with Gasteiger partial charge in [0.25, 0.3) is 0 Å². The summed E-state index contributed by atoms with van der Waals surface area (Å²) in [6.07, 6.45) is 32.0. The molecule has 1 atom stereocenters. The number of fused-ring (bicyclic) bond motifs is 1. The van der Waals surface area contributed by atoms with E-state index in [4.69, 9.17) is 0 Å². The molecular formula is C30H52. The summed E-state index contributed by atoms with van der Waals surface area (Å²) < 4.78 is 0. The molecule has 2 rings (SSSR count). The molecule has 0 N–H and O–H groups in total. The first-order chi connectivity index (χ1) is 14.9. The number of unbranched alkanes of at least 4 members (excludes halogenated alkanes) is 17. The number of rotatable bonds is 19. The minimum atomic E-state index is 0.857. The average Bonchev–Trinajstić information content (AvgIpc) is 2.78. The Balaban J connectivity index is 1.30. The van der Waals surface area contributed by atoms with Gasteiger partial charge in [-0.15, -0.1) is 0 Å². The van der Waals surface area contributed by atoms with Crippen molar-refractivity contribution in [3.63, 3.8) is 0 Å². The van der Waals surface area contributed by atoms with Gasteiger partial charge in [-0.25, -0.2) is 0 Å². The van der Waals surface area contributed by atoms with Crippen molar-refractivity contribution in [2.24, 2.45) is 0 Å². The Kier molecular flexibility index (Phi) is 15.2. The fraction of sp³-hybridized carbons (Fsp3) is 0.800. The van der Waals surface area contributed by atoms with Crippen LogP contribution in [0.1, 0.15) is 159 Å². The molecule has 0 heteroatoms. The molecule has 0 heterocycles. The van der Waals surface area contributed by atoms with Gasteiger partial charge in [-0.05, 0) is 42.7 Å². The van der Waals surface area contributed by atoms with Crippen LogP contribution in [0.15, 0.2) is 24.3 Å². The Hall–Kier alpha value is -0.780. The first kappa shape index (κ1) is 25.5. The molecule has 30 heavy (non-hydrogen) atoms. The van der Waals surface area contributed by atoms with E-state index in [9.17, 15) is 0 Å². The van der Waals surface area contributed by atoms with Crippen LogP contribution in [0.5, 0.6) is 0 Å². The molecule has 1 unspecified atom stereocenters. The second kappa shape index (κ2) is 17.9. The van der Waals surface area contributed by atoms with Crippen LogP contribution < -0.4 is 0 Å². The number of hydrogen-bond donors (Lipinski definition) is 0. The van der Waals surface area contributed by atoms with E-state index in [1.165, 1.54) is 141 Å². The molecule has 172 valence electrons. The Labute approximate surface area is 189 Å². The third-order valence-corrected chi connectivity index (χ3v) is 7.40. The lowest BCUT2D eigenvalue weighted by Crippen LogP contribution is -2.09. The smallest absolute Gasteiger partial charge is 0.0159 e. The highest BCUT2D eigenvalue weighted by Gasteiger charge is 2.18. The van der Waals surface area contributed by atoms with Gasteiger partial charge >= 0.3 is 0 Å². The molecular weight excluding hydrogens is 360 g/mol. The minimum absolute atomic E-state index is 0.857. The van der Waals surface area contributed by atoms with Gasteiger partial charge in [-0.3, -0.25) is 0 Å². The van der Waals surface area contributed by atoms with Crippen LogP contribution in [0, 0.1) is 0 Å². The van der Waals surface area contributed by atoms with E-state index in [1.807, 2.05) is 0 Å². The second-order valence-corrected chi connectivity index (χ2v) is 10.1. The zero-order valence-electron chi connectivity index (χ0n) is 20.4. The van der Waals surface area contributed by atoms with E-state index in [-0.39, 0.29) is 0 Å². The quantitative estimate of drug-likeness (QED) is 0.198. The first-order valence-electron chi connectivity index (χ1n) is 14.0. The van der Waals surface area contributed by atoms with E-state index in [0.29, 0.717) is 0 Å². The van der Waals surface area contributed by atoms with Gasteiger partial charge in [-0.1, -0.05) is 147 Å². The van der Waals surface area contributed by atoms with Crippen LogP contribution in [-0.2, 0) is 6.42 Å². The van der Waals surface area contributed by atoms with Gasteiger partial charge in [0.2, 0.25) is 0 Å². The van der Waals surface area contributed by atoms with Gasteiger partial charge in [0.1, 0.15) is 0 Å². The van der Waals surface area contributed by atoms with Crippen molar-refractivity contribution in [3.05, 3.63) is 35.4 Å². The lowest BCUT2D eigenvalue weighted by Gasteiger charge is -2.25. The van der Waals surface area contributed by atoms with Gasteiger partial charge in [-0.2, -0.15) is 0 Å². The molecule has 0 aliphatic heterocycles. The fourth-order valence-corrected chi connectivity index (χ4v) is 5.45. The summed E-state index contributed by atoms with van der Waals surface area (Å²) in [5.74, 6) is 0.857. The monoisotopic (exact) mass is 412 g/mol. The summed E-state index contributed by atoms with van der Waals surface area (Å²) in [5, 5.41) is 0. The molecule has 0 aromatic heterocycles. The number of hydrogen-bond acceptors (Lipinski definition) is 0. The lowest BCUT2D eigenvalue weighted by molar-refractivity contribution is 0.479. The van der Waals surface area contributed by atoms with Crippen LogP contribution in [0.3, 0.4) is 0 Å². The van der Waals surface area contributed by atoms with E-state index in [0.717, 1.165) is 5.92 Å². The second-order valence-electron chi connectivity index (χ2n) is 10.1. The maximum absolute atomic E-state index is 2.40. The standard InChI is InChI=1S/C30H52/c1-2-3-4-5-6-7-8-9-10-11-12-13-14-15-16-17-18-19-23-28-25-22-26-29-24-20-21-27-30(28)29/h20-21,24,27-28H,2-19,22-23,25-26H2,1H3. The van der Waals surface area contributed by atoms with Crippen LogP contribution in [-0.4, -0.2) is 0 Å². The van der Waals surface area contributed by atoms with Crippen LogP contribution in [0.25, 0.3) is 0 Å². The third kappa shape index (κ3) is 11.6. The molecule has 0 fully saturated rings. The van der Waals surface area contributed by atoms with Crippen molar-refractivity contribution in [2.45, 2.75) is 154 Å². The number of benzene rings is 1. The minimum Gasteiger partial charge on any atom is -0.0654 e. The van der Waals surface area contributed by atoms with Crippen molar-refractivity contribution in [3.8, 4) is 0 Å². The van der Waals surface area contributed by atoms with Gasteiger partial charge in [0.05, 0.1) is 0 Å². The van der Waals surface area contributed by atoms with E-state index in [1.54, 1.807) is 11.1 Å². The molecule has 0 nitrogen and oxygen atoms in total. The topological polar surface area (TPSA) is 0 Å². The molecule has 0 saturated heterocycles. The largest absolute Gasteiger partial charge is 0.0654 e. The Bertz CT molecular complexity index is 503. The molecule has 1 aromatic rings. The van der Waals surface area contributed by atoms with Gasteiger partial charge in [0, 0.05) is 0 Å². The molecule has 0 saturated carbocycles. The van der Waals surface area contributed by atoms with Gasteiger partial charge < -0.3 is 0 Å². The van der Waals surface area contributed by atoms with Crippen molar-refractivity contribution in [1.29, 1.82) is 0 Å². The molecule has 0 bridgehead atoms. The summed E-state index contributed by atoms with van der Waals surface area (Å²) in [6, 6.07) is 9.22. The molecule has 1 aromatic carbocycles. The SMILES string of the molecule is CCCCCCCCCCCCCCCCCCCCC1CCCc2ccccc21. The van der Waals surface area contributed by atoms with Crippen molar-refractivity contribution >= 4 is 0 Å². The summed E-state index contributed by atoms with van der Waals surface area (Å²) in [5.41, 5.74) is 3.31. The van der Waals surface area contributed by atoms with Crippen LogP contribution >= 0.6 is 0 Å². The average molecular weight is 413 g/mol. The van der Waals surface area contributed by atoms with Crippen molar-refractivity contribution in [1.82, 2.24) is 0 Å². The van der Waals surface area contributed by atoms with E-state index >= 15 is 0 Å².